The first-order valence-corrected chi connectivity index (χ1v) is 5.65. The Kier molecular flexibility index (Phi) is 4.21. The molecule has 1 aromatic heterocycles. The lowest BCUT2D eigenvalue weighted by atomic mass is 10.1. The van der Waals surface area contributed by atoms with Gasteiger partial charge in [0.05, 0.1) is 10.7 Å². The molecule has 1 rings (SSSR count). The fraction of sp³-hybridized carbons (Fsp3) is 0.545. The average Bonchev–Trinajstić information content (AvgIpc) is 2.24. The molecule has 0 unspecified atom stereocenters. The highest BCUT2D eigenvalue weighted by Gasteiger charge is 2.11. The summed E-state index contributed by atoms with van der Waals surface area (Å²) in [4.78, 5) is 4.04. The zero-order chi connectivity index (χ0) is 11.4. The van der Waals surface area contributed by atoms with E-state index in [0.717, 1.165) is 24.1 Å². The first kappa shape index (κ1) is 12.1. The fourth-order valence-electron chi connectivity index (χ4n) is 1.48. The van der Waals surface area contributed by atoms with Crippen molar-refractivity contribution in [2.75, 3.05) is 11.1 Å². The molecular weight excluding hydrogens is 210 g/mol. The Hall–Kier alpha value is -0.960. The summed E-state index contributed by atoms with van der Waals surface area (Å²) >= 11 is 6.00. The average molecular weight is 228 g/mol. The molecular formula is C11H18ClN3. The lowest BCUT2D eigenvalue weighted by Crippen LogP contribution is -2.19. The van der Waals surface area contributed by atoms with Gasteiger partial charge in [-0.25, -0.2) is 4.98 Å². The second-order valence-corrected chi connectivity index (χ2v) is 4.06. The van der Waals surface area contributed by atoms with Crippen LogP contribution in [-0.2, 0) is 0 Å². The van der Waals surface area contributed by atoms with Gasteiger partial charge in [-0.1, -0.05) is 25.4 Å². The number of pyridine rings is 1. The van der Waals surface area contributed by atoms with Crippen molar-refractivity contribution in [3.8, 4) is 0 Å². The predicted molar refractivity (Wildman–Crippen MR) is 66.4 cm³/mol. The number of nitrogens with zero attached hydrogens (tertiary/aromatic N) is 1. The molecule has 0 saturated carbocycles. The van der Waals surface area contributed by atoms with Crippen molar-refractivity contribution in [2.24, 2.45) is 0 Å². The minimum Gasteiger partial charge on any atom is -0.382 e. The summed E-state index contributed by atoms with van der Waals surface area (Å²) in [7, 11) is 0. The summed E-state index contributed by atoms with van der Waals surface area (Å²) in [5, 5.41) is 4.03. The van der Waals surface area contributed by atoms with Crippen LogP contribution in [0.3, 0.4) is 0 Å². The molecule has 15 heavy (non-hydrogen) atoms. The van der Waals surface area contributed by atoms with E-state index in [0.29, 0.717) is 16.9 Å². The molecule has 0 fully saturated rings. The van der Waals surface area contributed by atoms with Crippen LogP contribution in [0, 0.1) is 6.92 Å². The summed E-state index contributed by atoms with van der Waals surface area (Å²) < 4.78 is 0. The van der Waals surface area contributed by atoms with Crippen molar-refractivity contribution in [3.63, 3.8) is 0 Å². The molecule has 3 nitrogen and oxygen atoms in total. The van der Waals surface area contributed by atoms with Crippen LogP contribution in [0.1, 0.15) is 32.3 Å². The molecule has 0 amide bonds. The second kappa shape index (κ2) is 5.21. The van der Waals surface area contributed by atoms with Gasteiger partial charge in [0.25, 0.3) is 0 Å². The van der Waals surface area contributed by atoms with E-state index in [1.807, 2.05) is 6.92 Å². The standard InChI is InChI=1S/C11H18ClN3/c1-4-8(5-2)15-10-7(3)9(12)6-14-11(10)13/h6,8,15H,4-5H2,1-3H3,(H2,13,14). The van der Waals surface area contributed by atoms with Gasteiger partial charge in [-0.2, -0.15) is 0 Å². The molecule has 1 aromatic rings. The number of halogens is 1. The monoisotopic (exact) mass is 227 g/mol. The predicted octanol–water partition coefficient (Wildman–Crippen LogP) is 3.23. The highest BCUT2D eigenvalue weighted by molar-refractivity contribution is 6.31. The quantitative estimate of drug-likeness (QED) is 0.831. The van der Waals surface area contributed by atoms with E-state index in [2.05, 4.69) is 24.1 Å². The molecule has 0 saturated heterocycles. The second-order valence-electron chi connectivity index (χ2n) is 3.65. The summed E-state index contributed by atoms with van der Waals surface area (Å²) in [6.07, 6.45) is 3.70. The molecule has 0 spiro atoms. The fourth-order valence-corrected chi connectivity index (χ4v) is 1.62. The number of rotatable bonds is 4. The van der Waals surface area contributed by atoms with Gasteiger partial charge in [0.2, 0.25) is 0 Å². The molecule has 4 heteroatoms. The highest BCUT2D eigenvalue weighted by Crippen LogP contribution is 2.28. The molecule has 3 N–H and O–H groups in total. The van der Waals surface area contributed by atoms with Crippen LogP contribution in [0.4, 0.5) is 11.5 Å². The van der Waals surface area contributed by atoms with Crippen LogP contribution >= 0.6 is 11.6 Å². The van der Waals surface area contributed by atoms with Crippen molar-refractivity contribution >= 4 is 23.1 Å². The van der Waals surface area contributed by atoms with Crippen LogP contribution in [0.25, 0.3) is 0 Å². The number of hydrogen-bond acceptors (Lipinski definition) is 3. The van der Waals surface area contributed by atoms with E-state index in [9.17, 15) is 0 Å². The molecule has 0 aromatic carbocycles. The lowest BCUT2D eigenvalue weighted by molar-refractivity contribution is 0.671. The van der Waals surface area contributed by atoms with Gasteiger partial charge < -0.3 is 11.1 Å². The Morgan fingerprint density at radius 1 is 1.47 bits per heavy atom. The minimum atomic E-state index is 0.422. The van der Waals surface area contributed by atoms with E-state index in [1.165, 1.54) is 0 Å². The number of hydrogen-bond donors (Lipinski definition) is 2. The third-order valence-corrected chi connectivity index (χ3v) is 3.02. The number of anilines is 2. The highest BCUT2D eigenvalue weighted by atomic mass is 35.5. The van der Waals surface area contributed by atoms with Crippen LogP contribution in [-0.4, -0.2) is 11.0 Å². The van der Waals surface area contributed by atoms with Crippen molar-refractivity contribution in [3.05, 3.63) is 16.8 Å². The normalized spacial score (nSPS) is 10.7. The zero-order valence-corrected chi connectivity index (χ0v) is 10.2. The number of nitrogens with one attached hydrogen (secondary N) is 1. The van der Waals surface area contributed by atoms with Gasteiger partial charge >= 0.3 is 0 Å². The Bertz CT molecular complexity index is 335. The van der Waals surface area contributed by atoms with E-state index in [-0.39, 0.29) is 0 Å². The van der Waals surface area contributed by atoms with Crippen molar-refractivity contribution in [2.45, 2.75) is 39.7 Å². The van der Waals surface area contributed by atoms with Gasteiger partial charge in [0.1, 0.15) is 5.82 Å². The first-order chi connectivity index (χ1) is 7.10. The molecule has 84 valence electrons. The minimum absolute atomic E-state index is 0.422. The molecule has 0 radical (unpaired) electrons. The van der Waals surface area contributed by atoms with Crippen LogP contribution in [0.15, 0.2) is 6.20 Å². The molecule has 0 atom stereocenters. The molecule has 0 aliphatic rings. The van der Waals surface area contributed by atoms with Crippen LogP contribution < -0.4 is 11.1 Å². The topological polar surface area (TPSA) is 50.9 Å². The van der Waals surface area contributed by atoms with Crippen molar-refractivity contribution in [1.29, 1.82) is 0 Å². The van der Waals surface area contributed by atoms with Gasteiger partial charge in [-0.3, -0.25) is 0 Å². The summed E-state index contributed by atoms with van der Waals surface area (Å²) in [6, 6.07) is 0.422. The van der Waals surface area contributed by atoms with E-state index >= 15 is 0 Å². The number of aromatic nitrogens is 1. The maximum Gasteiger partial charge on any atom is 0.147 e. The van der Waals surface area contributed by atoms with Crippen LogP contribution in [0.5, 0.6) is 0 Å². The first-order valence-electron chi connectivity index (χ1n) is 5.27. The van der Waals surface area contributed by atoms with E-state index in [4.69, 9.17) is 17.3 Å². The Morgan fingerprint density at radius 2 is 2.07 bits per heavy atom. The third-order valence-electron chi connectivity index (χ3n) is 2.64. The number of nitrogens with two attached hydrogens (primary N) is 1. The maximum atomic E-state index is 6.00. The van der Waals surface area contributed by atoms with E-state index in [1.54, 1.807) is 6.20 Å². The smallest absolute Gasteiger partial charge is 0.147 e. The molecule has 0 aliphatic carbocycles. The zero-order valence-electron chi connectivity index (χ0n) is 9.47. The van der Waals surface area contributed by atoms with Gasteiger partial charge in [0.15, 0.2) is 0 Å². The Balaban J connectivity index is 2.97. The summed E-state index contributed by atoms with van der Waals surface area (Å²) in [6.45, 7) is 6.24. The summed E-state index contributed by atoms with van der Waals surface area (Å²) in [5.41, 5.74) is 7.66. The molecule has 0 aliphatic heterocycles. The molecule has 0 bridgehead atoms. The van der Waals surface area contributed by atoms with Gasteiger partial charge in [0, 0.05) is 12.2 Å². The molecule has 1 heterocycles. The maximum absolute atomic E-state index is 6.00. The Morgan fingerprint density at radius 3 is 2.60 bits per heavy atom. The van der Waals surface area contributed by atoms with Gasteiger partial charge in [-0.15, -0.1) is 0 Å². The number of nitrogen functional groups attached to an aromatic ring is 1. The van der Waals surface area contributed by atoms with Gasteiger partial charge in [-0.05, 0) is 25.3 Å². The third kappa shape index (κ3) is 2.75. The Labute approximate surface area is 96.0 Å². The van der Waals surface area contributed by atoms with Crippen LogP contribution in [0.2, 0.25) is 5.02 Å². The SMILES string of the molecule is CCC(CC)Nc1c(N)ncc(Cl)c1C. The van der Waals surface area contributed by atoms with Crippen molar-refractivity contribution < 1.29 is 0 Å². The van der Waals surface area contributed by atoms with E-state index < -0.39 is 0 Å². The van der Waals surface area contributed by atoms with Crippen molar-refractivity contribution in [1.82, 2.24) is 4.98 Å². The summed E-state index contributed by atoms with van der Waals surface area (Å²) in [5.74, 6) is 0.517. The largest absolute Gasteiger partial charge is 0.382 e. The lowest BCUT2D eigenvalue weighted by Gasteiger charge is -2.19.